The summed E-state index contributed by atoms with van der Waals surface area (Å²) in [5.74, 6) is 3.02. The zero-order chi connectivity index (χ0) is 16.5. The summed E-state index contributed by atoms with van der Waals surface area (Å²) in [6.45, 7) is 4.63. The van der Waals surface area contributed by atoms with Gasteiger partial charge in [-0.3, -0.25) is 4.90 Å². The third kappa shape index (κ3) is 2.85. The lowest BCUT2D eigenvalue weighted by Gasteiger charge is -2.30. The van der Waals surface area contributed by atoms with Gasteiger partial charge < -0.3 is 18.7 Å². The van der Waals surface area contributed by atoms with Crippen molar-refractivity contribution in [3.63, 3.8) is 0 Å². The molecule has 126 valence electrons. The van der Waals surface area contributed by atoms with E-state index in [0.717, 1.165) is 31.1 Å². The zero-order valence-corrected chi connectivity index (χ0v) is 13.7. The molecule has 0 saturated carbocycles. The first-order chi connectivity index (χ1) is 11.7. The van der Waals surface area contributed by atoms with Crippen LogP contribution in [0, 0.1) is 6.92 Å². The molecule has 4 heterocycles. The first kappa shape index (κ1) is 15.1. The molecule has 3 aromatic rings. The van der Waals surface area contributed by atoms with E-state index in [1.807, 2.05) is 13.0 Å². The van der Waals surface area contributed by atoms with Gasteiger partial charge in [0.25, 0.3) is 5.89 Å². The van der Waals surface area contributed by atoms with Crippen LogP contribution in [0.4, 0.5) is 0 Å². The van der Waals surface area contributed by atoms with Gasteiger partial charge >= 0.3 is 0 Å². The Balaban J connectivity index is 1.52. The van der Waals surface area contributed by atoms with E-state index in [2.05, 4.69) is 32.4 Å². The van der Waals surface area contributed by atoms with Gasteiger partial charge in [-0.2, -0.15) is 4.98 Å². The molecule has 1 saturated heterocycles. The molecule has 3 aromatic heterocycles. The number of oxazole rings is 1. The Morgan fingerprint density at radius 3 is 3.08 bits per heavy atom. The highest BCUT2D eigenvalue weighted by Gasteiger charge is 2.25. The van der Waals surface area contributed by atoms with E-state index in [9.17, 15) is 0 Å². The van der Waals surface area contributed by atoms with E-state index in [1.165, 1.54) is 0 Å². The second-order valence-corrected chi connectivity index (χ2v) is 5.92. The van der Waals surface area contributed by atoms with E-state index in [-0.39, 0.29) is 6.04 Å². The fourth-order valence-electron chi connectivity index (χ4n) is 2.81. The number of furan rings is 1. The van der Waals surface area contributed by atoms with Crippen LogP contribution in [0.15, 0.2) is 31.8 Å². The number of hydrogen-bond acceptors (Lipinski definition) is 8. The van der Waals surface area contributed by atoms with Crippen molar-refractivity contribution in [3.8, 4) is 11.7 Å². The van der Waals surface area contributed by atoms with Gasteiger partial charge in [-0.1, -0.05) is 5.16 Å². The molecule has 0 aliphatic carbocycles. The quantitative estimate of drug-likeness (QED) is 0.774. The standard InChI is InChI=1S/C16H19N5O3/c1-10-11(18-16(23-10)13-4-3-7-22-13)8-14-19-15(20-24-14)12-9-17-5-6-21(12)2/h3-4,7,12,17H,5-6,8-9H2,1-2H3. The third-order valence-electron chi connectivity index (χ3n) is 4.24. The molecular formula is C16H19N5O3. The highest BCUT2D eigenvalue weighted by Crippen LogP contribution is 2.24. The molecule has 8 heteroatoms. The fourth-order valence-corrected chi connectivity index (χ4v) is 2.81. The number of hydrogen-bond donors (Lipinski definition) is 1. The Morgan fingerprint density at radius 2 is 2.29 bits per heavy atom. The molecule has 1 N–H and O–H groups in total. The smallest absolute Gasteiger partial charge is 0.263 e. The monoisotopic (exact) mass is 329 g/mol. The van der Waals surface area contributed by atoms with Gasteiger partial charge in [0, 0.05) is 19.6 Å². The maximum absolute atomic E-state index is 5.66. The highest BCUT2D eigenvalue weighted by atomic mass is 16.5. The van der Waals surface area contributed by atoms with Crippen molar-refractivity contribution in [3.05, 3.63) is 41.6 Å². The number of aromatic nitrogens is 3. The second kappa shape index (κ2) is 6.21. The molecule has 4 rings (SSSR count). The Morgan fingerprint density at radius 1 is 1.38 bits per heavy atom. The topological polar surface area (TPSA) is 93.4 Å². The van der Waals surface area contributed by atoms with Gasteiger partial charge in [0.15, 0.2) is 11.6 Å². The average Bonchev–Trinajstić information content (AvgIpc) is 3.30. The lowest BCUT2D eigenvalue weighted by Crippen LogP contribution is -2.44. The molecule has 0 radical (unpaired) electrons. The maximum Gasteiger partial charge on any atom is 0.263 e. The molecule has 0 amide bonds. The molecule has 1 aliphatic rings. The summed E-state index contributed by atoms with van der Waals surface area (Å²) in [6, 6.07) is 3.74. The molecule has 24 heavy (non-hydrogen) atoms. The molecule has 1 atom stereocenters. The fraction of sp³-hybridized carbons (Fsp3) is 0.438. The van der Waals surface area contributed by atoms with Gasteiger partial charge in [-0.05, 0) is 26.1 Å². The van der Waals surface area contributed by atoms with Gasteiger partial charge in [-0.15, -0.1) is 0 Å². The van der Waals surface area contributed by atoms with Crippen LogP contribution in [0.3, 0.4) is 0 Å². The van der Waals surface area contributed by atoms with Crippen LogP contribution in [-0.4, -0.2) is 46.7 Å². The van der Waals surface area contributed by atoms with Crippen LogP contribution in [0.5, 0.6) is 0 Å². The highest BCUT2D eigenvalue weighted by molar-refractivity contribution is 5.44. The summed E-state index contributed by atoms with van der Waals surface area (Å²) in [6.07, 6.45) is 2.03. The van der Waals surface area contributed by atoms with E-state index in [0.29, 0.717) is 29.8 Å². The van der Waals surface area contributed by atoms with Crippen molar-refractivity contribution in [2.75, 3.05) is 26.7 Å². The van der Waals surface area contributed by atoms with Crippen molar-refractivity contribution in [2.45, 2.75) is 19.4 Å². The Bertz CT molecular complexity index is 808. The van der Waals surface area contributed by atoms with Crippen molar-refractivity contribution in [1.29, 1.82) is 0 Å². The molecule has 0 aromatic carbocycles. The van der Waals surface area contributed by atoms with Crippen molar-refractivity contribution >= 4 is 0 Å². The number of likely N-dealkylation sites (N-methyl/N-ethyl adjacent to an activating group) is 1. The second-order valence-electron chi connectivity index (χ2n) is 5.92. The largest absolute Gasteiger partial charge is 0.459 e. The minimum atomic E-state index is 0.133. The van der Waals surface area contributed by atoms with Crippen LogP contribution in [0.1, 0.15) is 29.2 Å². The number of nitrogens with zero attached hydrogens (tertiary/aromatic N) is 4. The Kier molecular flexibility index (Phi) is 3.91. The maximum atomic E-state index is 5.66. The van der Waals surface area contributed by atoms with Crippen molar-refractivity contribution < 1.29 is 13.4 Å². The van der Waals surface area contributed by atoms with E-state index in [4.69, 9.17) is 13.4 Å². The van der Waals surface area contributed by atoms with Crippen molar-refractivity contribution in [1.82, 2.24) is 25.3 Å². The summed E-state index contributed by atoms with van der Waals surface area (Å²) in [5.41, 5.74) is 0.770. The first-order valence-electron chi connectivity index (χ1n) is 7.94. The normalized spacial score (nSPS) is 19.0. The minimum absolute atomic E-state index is 0.133. The van der Waals surface area contributed by atoms with E-state index in [1.54, 1.807) is 12.3 Å². The van der Waals surface area contributed by atoms with Gasteiger partial charge in [0.2, 0.25) is 5.89 Å². The molecule has 1 aliphatic heterocycles. The summed E-state index contributed by atoms with van der Waals surface area (Å²) in [4.78, 5) is 11.2. The van der Waals surface area contributed by atoms with Crippen molar-refractivity contribution in [2.24, 2.45) is 0 Å². The van der Waals surface area contributed by atoms with Crippen LogP contribution in [0.25, 0.3) is 11.7 Å². The number of rotatable bonds is 4. The molecule has 1 unspecified atom stereocenters. The average molecular weight is 329 g/mol. The third-order valence-corrected chi connectivity index (χ3v) is 4.24. The molecule has 0 bridgehead atoms. The van der Waals surface area contributed by atoms with Crippen LogP contribution in [-0.2, 0) is 6.42 Å². The predicted octanol–water partition coefficient (Wildman–Crippen LogP) is 1.79. The number of nitrogens with one attached hydrogen (secondary N) is 1. The SMILES string of the molecule is Cc1oc(-c2ccco2)nc1Cc1nc(C2CNCCN2C)no1. The Labute approximate surface area is 138 Å². The van der Waals surface area contributed by atoms with Gasteiger partial charge in [0.1, 0.15) is 5.76 Å². The van der Waals surface area contributed by atoms with Crippen LogP contribution in [0.2, 0.25) is 0 Å². The summed E-state index contributed by atoms with van der Waals surface area (Å²) in [5, 5.41) is 7.48. The summed E-state index contributed by atoms with van der Waals surface area (Å²) in [7, 11) is 2.07. The molecular weight excluding hydrogens is 310 g/mol. The lowest BCUT2D eigenvalue weighted by atomic mass is 10.2. The predicted molar refractivity (Wildman–Crippen MR) is 84.3 cm³/mol. The van der Waals surface area contributed by atoms with E-state index >= 15 is 0 Å². The number of piperazine rings is 1. The van der Waals surface area contributed by atoms with E-state index < -0.39 is 0 Å². The molecule has 1 fully saturated rings. The van der Waals surface area contributed by atoms with Crippen LogP contribution < -0.4 is 5.32 Å². The first-order valence-corrected chi connectivity index (χ1v) is 7.94. The van der Waals surface area contributed by atoms with Gasteiger partial charge in [0.05, 0.1) is 24.4 Å². The Hall–Kier alpha value is -2.45. The summed E-state index contributed by atoms with van der Waals surface area (Å²) < 4.78 is 16.4. The lowest BCUT2D eigenvalue weighted by molar-refractivity contribution is 0.190. The van der Waals surface area contributed by atoms with Gasteiger partial charge in [-0.25, -0.2) is 4.98 Å². The molecule has 8 nitrogen and oxygen atoms in total. The minimum Gasteiger partial charge on any atom is -0.459 e. The van der Waals surface area contributed by atoms with Crippen LogP contribution >= 0.6 is 0 Å². The zero-order valence-electron chi connectivity index (χ0n) is 13.7. The summed E-state index contributed by atoms with van der Waals surface area (Å²) >= 11 is 0. The number of aryl methyl sites for hydroxylation is 1. The molecule has 0 spiro atoms.